The molecule has 2 amide bonds. The van der Waals surface area contributed by atoms with Crippen LogP contribution in [-0.4, -0.2) is 41.4 Å². The Morgan fingerprint density at radius 2 is 2.09 bits per heavy atom. The highest BCUT2D eigenvalue weighted by molar-refractivity contribution is 7.09. The molecule has 1 fully saturated rings. The van der Waals surface area contributed by atoms with Gasteiger partial charge in [-0.1, -0.05) is 12.5 Å². The highest BCUT2D eigenvalue weighted by atomic mass is 32.1. The summed E-state index contributed by atoms with van der Waals surface area (Å²) in [5.41, 5.74) is 0. The van der Waals surface area contributed by atoms with Crippen molar-refractivity contribution < 1.29 is 19.5 Å². The van der Waals surface area contributed by atoms with Gasteiger partial charge in [0, 0.05) is 17.8 Å². The average molecular weight is 338 g/mol. The van der Waals surface area contributed by atoms with Crippen LogP contribution in [0.2, 0.25) is 0 Å². The van der Waals surface area contributed by atoms with Crippen molar-refractivity contribution >= 4 is 29.1 Å². The molecule has 2 rings (SSSR count). The summed E-state index contributed by atoms with van der Waals surface area (Å²) >= 11 is 1.56. The molecule has 2 atom stereocenters. The number of carbonyl (C=O) groups excluding carboxylic acids is 2. The zero-order valence-electron chi connectivity index (χ0n) is 13.2. The van der Waals surface area contributed by atoms with E-state index in [4.69, 9.17) is 5.11 Å². The van der Waals surface area contributed by atoms with Gasteiger partial charge in [0.15, 0.2) is 0 Å². The second-order valence-corrected chi connectivity index (χ2v) is 6.98. The minimum Gasteiger partial charge on any atom is -0.481 e. The number of carbonyl (C=O) groups is 3. The molecule has 2 N–H and O–H groups in total. The minimum atomic E-state index is -0.834. The number of amides is 2. The number of nitrogens with zero attached hydrogens (tertiary/aromatic N) is 1. The number of carboxylic acid groups (broad SMARTS) is 1. The Bertz CT molecular complexity index is 558. The summed E-state index contributed by atoms with van der Waals surface area (Å²) in [5.74, 6) is -1.92. The predicted octanol–water partition coefficient (Wildman–Crippen LogP) is 1.71. The van der Waals surface area contributed by atoms with Gasteiger partial charge in [-0.2, -0.15) is 0 Å². The van der Waals surface area contributed by atoms with E-state index in [1.54, 1.807) is 18.4 Å². The predicted molar refractivity (Wildman–Crippen MR) is 86.9 cm³/mol. The van der Waals surface area contributed by atoms with Crippen molar-refractivity contribution in [2.24, 2.45) is 11.8 Å². The van der Waals surface area contributed by atoms with Gasteiger partial charge in [-0.3, -0.25) is 14.4 Å². The molecule has 2 unspecified atom stereocenters. The Kier molecular flexibility index (Phi) is 6.15. The zero-order valence-corrected chi connectivity index (χ0v) is 14.0. The third kappa shape index (κ3) is 5.06. The van der Waals surface area contributed by atoms with E-state index in [0.717, 1.165) is 11.3 Å². The lowest BCUT2D eigenvalue weighted by Gasteiger charge is -2.29. The van der Waals surface area contributed by atoms with Crippen molar-refractivity contribution in [2.75, 3.05) is 13.6 Å². The first kappa shape index (κ1) is 17.5. The highest BCUT2D eigenvalue weighted by Gasteiger charge is 2.32. The summed E-state index contributed by atoms with van der Waals surface area (Å²) in [6.07, 6.45) is 2.44. The molecular weight excluding hydrogens is 316 g/mol. The number of carboxylic acids is 1. The van der Waals surface area contributed by atoms with Crippen LogP contribution >= 0.6 is 11.3 Å². The summed E-state index contributed by atoms with van der Waals surface area (Å²) in [7, 11) is 1.59. The fourth-order valence-electron chi connectivity index (χ4n) is 2.90. The van der Waals surface area contributed by atoms with Gasteiger partial charge in [0.05, 0.1) is 19.0 Å². The lowest BCUT2D eigenvalue weighted by molar-refractivity contribution is -0.146. The number of hydrogen-bond acceptors (Lipinski definition) is 4. The normalized spacial score (nSPS) is 20.7. The van der Waals surface area contributed by atoms with Crippen LogP contribution in [0.5, 0.6) is 0 Å². The van der Waals surface area contributed by atoms with E-state index in [9.17, 15) is 14.4 Å². The molecule has 1 aliphatic rings. The fourth-order valence-corrected chi connectivity index (χ4v) is 3.54. The maximum Gasteiger partial charge on any atom is 0.306 e. The van der Waals surface area contributed by atoms with Crippen molar-refractivity contribution in [1.82, 2.24) is 10.2 Å². The van der Waals surface area contributed by atoms with Crippen LogP contribution in [0.25, 0.3) is 0 Å². The number of rotatable bonds is 6. The van der Waals surface area contributed by atoms with E-state index in [1.165, 1.54) is 4.90 Å². The van der Waals surface area contributed by atoms with Crippen molar-refractivity contribution in [3.8, 4) is 0 Å². The van der Waals surface area contributed by atoms with Gasteiger partial charge < -0.3 is 15.3 Å². The summed E-state index contributed by atoms with van der Waals surface area (Å²) in [5, 5.41) is 13.8. The van der Waals surface area contributed by atoms with Gasteiger partial charge >= 0.3 is 5.97 Å². The number of likely N-dealkylation sites (N-methyl/N-ethyl adjacent to an activating group) is 1. The molecule has 6 nitrogen and oxygen atoms in total. The van der Waals surface area contributed by atoms with Crippen LogP contribution in [0.4, 0.5) is 0 Å². The minimum absolute atomic E-state index is 0.00154. The summed E-state index contributed by atoms with van der Waals surface area (Å²) in [6, 6.07) is 3.86. The Labute approximate surface area is 139 Å². The SMILES string of the molecule is CN(CC(=O)NCc1cccs1)C(=O)C1CCCC(C(=O)O)C1. The molecule has 0 aromatic carbocycles. The summed E-state index contributed by atoms with van der Waals surface area (Å²) in [4.78, 5) is 37.8. The van der Waals surface area contributed by atoms with Crippen molar-refractivity contribution in [3.05, 3.63) is 22.4 Å². The molecule has 0 aliphatic heterocycles. The van der Waals surface area contributed by atoms with E-state index in [0.29, 0.717) is 25.8 Å². The number of hydrogen-bond donors (Lipinski definition) is 2. The molecule has 1 aromatic rings. The van der Waals surface area contributed by atoms with Crippen LogP contribution in [-0.2, 0) is 20.9 Å². The van der Waals surface area contributed by atoms with Crippen LogP contribution < -0.4 is 5.32 Å². The molecule has 0 bridgehead atoms. The third-order valence-corrected chi connectivity index (χ3v) is 5.05. The highest BCUT2D eigenvalue weighted by Crippen LogP contribution is 2.30. The molecule has 0 radical (unpaired) electrons. The first-order valence-corrected chi connectivity index (χ1v) is 8.62. The molecular formula is C16H22N2O4S. The number of nitrogens with one attached hydrogen (secondary N) is 1. The molecule has 1 saturated carbocycles. The quantitative estimate of drug-likeness (QED) is 0.827. The maximum absolute atomic E-state index is 12.4. The van der Waals surface area contributed by atoms with Crippen molar-refractivity contribution in [1.29, 1.82) is 0 Å². The van der Waals surface area contributed by atoms with Crippen LogP contribution in [0.1, 0.15) is 30.6 Å². The van der Waals surface area contributed by atoms with Crippen molar-refractivity contribution in [3.63, 3.8) is 0 Å². The topological polar surface area (TPSA) is 86.7 Å². The van der Waals surface area contributed by atoms with Crippen LogP contribution in [0.15, 0.2) is 17.5 Å². The van der Waals surface area contributed by atoms with Gasteiger partial charge in [0.1, 0.15) is 0 Å². The van der Waals surface area contributed by atoms with E-state index < -0.39 is 11.9 Å². The van der Waals surface area contributed by atoms with Gasteiger partial charge in [0.2, 0.25) is 11.8 Å². The Balaban J connectivity index is 1.79. The third-order valence-electron chi connectivity index (χ3n) is 4.17. The van der Waals surface area contributed by atoms with Gasteiger partial charge in [-0.05, 0) is 30.7 Å². The zero-order chi connectivity index (χ0) is 16.8. The van der Waals surface area contributed by atoms with Gasteiger partial charge in [-0.25, -0.2) is 0 Å². The molecule has 23 heavy (non-hydrogen) atoms. The molecule has 0 spiro atoms. The lowest BCUT2D eigenvalue weighted by atomic mass is 9.81. The van der Waals surface area contributed by atoms with E-state index >= 15 is 0 Å². The molecule has 1 aliphatic carbocycles. The Morgan fingerprint density at radius 3 is 2.74 bits per heavy atom. The number of thiophene rings is 1. The van der Waals surface area contributed by atoms with Gasteiger partial charge in [0.25, 0.3) is 0 Å². The van der Waals surface area contributed by atoms with Crippen molar-refractivity contribution in [2.45, 2.75) is 32.2 Å². The molecule has 1 heterocycles. The lowest BCUT2D eigenvalue weighted by Crippen LogP contribution is -2.42. The largest absolute Gasteiger partial charge is 0.481 e. The van der Waals surface area contributed by atoms with E-state index in [-0.39, 0.29) is 24.3 Å². The number of aliphatic carboxylic acids is 1. The monoisotopic (exact) mass is 338 g/mol. The molecule has 1 aromatic heterocycles. The second kappa shape index (κ2) is 8.10. The molecule has 7 heteroatoms. The van der Waals surface area contributed by atoms with E-state index in [1.807, 2.05) is 17.5 Å². The fraction of sp³-hybridized carbons (Fsp3) is 0.562. The standard InChI is InChI=1S/C16H22N2O4S/c1-18(10-14(19)17-9-13-6-3-7-23-13)15(20)11-4-2-5-12(8-11)16(21)22/h3,6-7,11-12H,2,4-5,8-10H2,1H3,(H,17,19)(H,21,22). The average Bonchev–Trinajstić information content (AvgIpc) is 3.05. The molecule has 126 valence electrons. The molecule has 0 saturated heterocycles. The Morgan fingerprint density at radius 1 is 1.35 bits per heavy atom. The van der Waals surface area contributed by atoms with Crippen LogP contribution in [0, 0.1) is 11.8 Å². The maximum atomic E-state index is 12.4. The second-order valence-electron chi connectivity index (χ2n) is 5.95. The first-order chi connectivity index (χ1) is 11.0. The summed E-state index contributed by atoms with van der Waals surface area (Å²) in [6.45, 7) is 0.460. The summed E-state index contributed by atoms with van der Waals surface area (Å²) < 4.78 is 0. The Hall–Kier alpha value is -1.89. The first-order valence-electron chi connectivity index (χ1n) is 7.74. The van der Waals surface area contributed by atoms with E-state index in [2.05, 4.69) is 5.32 Å². The van der Waals surface area contributed by atoms with Gasteiger partial charge in [-0.15, -0.1) is 11.3 Å². The smallest absolute Gasteiger partial charge is 0.306 e. The van der Waals surface area contributed by atoms with Crippen LogP contribution in [0.3, 0.4) is 0 Å².